The van der Waals surface area contributed by atoms with Crippen molar-refractivity contribution >= 4 is 17.5 Å². The molecule has 3 N–H and O–H groups in total. The summed E-state index contributed by atoms with van der Waals surface area (Å²) >= 11 is 0. The maximum atomic E-state index is 11.4. The van der Waals surface area contributed by atoms with Crippen molar-refractivity contribution in [3.05, 3.63) is 17.8 Å². The van der Waals surface area contributed by atoms with Crippen LogP contribution in [0.25, 0.3) is 0 Å². The molecule has 0 saturated carbocycles. The van der Waals surface area contributed by atoms with Gasteiger partial charge in [0.2, 0.25) is 0 Å². The molecular formula is C13H19N3O3. The van der Waals surface area contributed by atoms with Crippen LogP contribution in [0.4, 0.5) is 11.5 Å². The standard InChI is InChI=1S/C13H19N3O3/c1-8(11-4-3-7-19-11)15-12-9(14)5-6-10(16-12)13(17)18-2/h5-6,8,11H,3-4,7,14H2,1-2H3,(H,15,16). The molecule has 0 bridgehead atoms. The molecule has 2 unspecified atom stereocenters. The van der Waals surface area contributed by atoms with Crippen LogP contribution in [-0.2, 0) is 9.47 Å². The van der Waals surface area contributed by atoms with Gasteiger partial charge in [-0.25, -0.2) is 9.78 Å². The van der Waals surface area contributed by atoms with Crippen LogP contribution in [0.5, 0.6) is 0 Å². The first kappa shape index (κ1) is 13.6. The van der Waals surface area contributed by atoms with Crippen molar-refractivity contribution in [3.8, 4) is 0 Å². The fraction of sp³-hybridized carbons (Fsp3) is 0.538. The third-order valence-electron chi connectivity index (χ3n) is 3.21. The Labute approximate surface area is 112 Å². The number of nitrogen functional groups attached to an aromatic ring is 1. The second-order valence-electron chi connectivity index (χ2n) is 4.61. The molecule has 1 aliphatic rings. The summed E-state index contributed by atoms with van der Waals surface area (Å²) in [6.07, 6.45) is 2.25. The number of ether oxygens (including phenoxy) is 2. The molecule has 0 radical (unpaired) electrons. The van der Waals surface area contributed by atoms with E-state index < -0.39 is 5.97 Å². The van der Waals surface area contributed by atoms with Crippen LogP contribution in [0, 0.1) is 0 Å². The minimum atomic E-state index is -0.479. The van der Waals surface area contributed by atoms with E-state index in [9.17, 15) is 4.79 Å². The molecule has 2 rings (SSSR count). The summed E-state index contributed by atoms with van der Waals surface area (Å²) in [6, 6.07) is 3.28. The number of pyridine rings is 1. The molecule has 6 heteroatoms. The lowest BCUT2D eigenvalue weighted by Gasteiger charge is -2.21. The second kappa shape index (κ2) is 5.88. The smallest absolute Gasteiger partial charge is 0.356 e. The highest BCUT2D eigenvalue weighted by Gasteiger charge is 2.23. The quantitative estimate of drug-likeness (QED) is 0.801. The number of esters is 1. The van der Waals surface area contributed by atoms with E-state index in [-0.39, 0.29) is 17.8 Å². The molecule has 104 valence electrons. The molecule has 1 aliphatic heterocycles. The molecule has 1 saturated heterocycles. The topological polar surface area (TPSA) is 86.5 Å². The normalized spacial score (nSPS) is 20.0. The summed E-state index contributed by atoms with van der Waals surface area (Å²) in [5.41, 5.74) is 6.59. The lowest BCUT2D eigenvalue weighted by atomic mass is 10.1. The van der Waals surface area contributed by atoms with Gasteiger partial charge in [0.1, 0.15) is 0 Å². The average molecular weight is 265 g/mol. The van der Waals surface area contributed by atoms with E-state index in [1.54, 1.807) is 12.1 Å². The first-order chi connectivity index (χ1) is 9.11. The summed E-state index contributed by atoms with van der Waals surface area (Å²) in [5, 5.41) is 3.20. The number of methoxy groups -OCH3 is 1. The van der Waals surface area contributed by atoms with Crippen molar-refractivity contribution in [3.63, 3.8) is 0 Å². The zero-order valence-electron chi connectivity index (χ0n) is 11.2. The van der Waals surface area contributed by atoms with E-state index in [1.807, 2.05) is 6.92 Å². The van der Waals surface area contributed by atoms with Gasteiger partial charge in [0.05, 0.1) is 24.9 Å². The Morgan fingerprint density at radius 2 is 2.42 bits per heavy atom. The zero-order valence-corrected chi connectivity index (χ0v) is 11.2. The van der Waals surface area contributed by atoms with Gasteiger partial charge >= 0.3 is 5.97 Å². The van der Waals surface area contributed by atoms with E-state index in [2.05, 4.69) is 15.0 Å². The van der Waals surface area contributed by atoms with E-state index in [0.29, 0.717) is 11.5 Å². The molecule has 1 aromatic rings. The molecule has 0 aliphatic carbocycles. The van der Waals surface area contributed by atoms with Crippen LogP contribution >= 0.6 is 0 Å². The number of hydrogen-bond acceptors (Lipinski definition) is 6. The Hall–Kier alpha value is -1.82. The van der Waals surface area contributed by atoms with E-state index in [1.165, 1.54) is 7.11 Å². The number of nitrogens with one attached hydrogen (secondary N) is 1. The summed E-state index contributed by atoms with van der Waals surface area (Å²) in [5.74, 6) is 0.0127. The third kappa shape index (κ3) is 3.14. The fourth-order valence-corrected chi connectivity index (χ4v) is 2.11. The summed E-state index contributed by atoms with van der Waals surface area (Å²) < 4.78 is 10.2. The van der Waals surface area contributed by atoms with Gasteiger partial charge in [-0.3, -0.25) is 0 Å². The minimum absolute atomic E-state index is 0.0881. The van der Waals surface area contributed by atoms with Crippen molar-refractivity contribution in [2.45, 2.75) is 31.9 Å². The molecule has 2 atom stereocenters. The first-order valence-corrected chi connectivity index (χ1v) is 6.35. The molecular weight excluding hydrogens is 246 g/mol. The van der Waals surface area contributed by atoms with Gasteiger partial charge in [0, 0.05) is 6.61 Å². The number of nitrogens with two attached hydrogens (primary N) is 1. The van der Waals surface area contributed by atoms with E-state index in [0.717, 1.165) is 19.4 Å². The van der Waals surface area contributed by atoms with Crippen molar-refractivity contribution in [1.82, 2.24) is 4.98 Å². The average Bonchev–Trinajstić information content (AvgIpc) is 2.94. The molecule has 1 fully saturated rings. The van der Waals surface area contributed by atoms with Crippen molar-refractivity contribution in [2.75, 3.05) is 24.8 Å². The number of aromatic nitrogens is 1. The Bertz CT molecular complexity index is 458. The number of rotatable bonds is 4. The highest BCUT2D eigenvalue weighted by molar-refractivity contribution is 5.88. The zero-order chi connectivity index (χ0) is 13.8. The maximum absolute atomic E-state index is 11.4. The van der Waals surface area contributed by atoms with Crippen LogP contribution in [0.15, 0.2) is 12.1 Å². The molecule has 0 spiro atoms. The molecule has 2 heterocycles. The second-order valence-corrected chi connectivity index (χ2v) is 4.61. The molecule has 6 nitrogen and oxygen atoms in total. The van der Waals surface area contributed by atoms with Crippen LogP contribution < -0.4 is 11.1 Å². The van der Waals surface area contributed by atoms with Gasteiger partial charge in [-0.1, -0.05) is 0 Å². The number of nitrogens with zero attached hydrogens (tertiary/aromatic N) is 1. The highest BCUT2D eigenvalue weighted by atomic mass is 16.5. The van der Waals surface area contributed by atoms with Gasteiger partial charge in [-0.15, -0.1) is 0 Å². The number of carbonyl (C=O) groups excluding carboxylic acids is 1. The number of hydrogen-bond donors (Lipinski definition) is 2. The van der Waals surface area contributed by atoms with Gasteiger partial charge in [-0.2, -0.15) is 0 Å². The number of carbonyl (C=O) groups is 1. The van der Waals surface area contributed by atoms with Crippen LogP contribution in [0.3, 0.4) is 0 Å². The largest absolute Gasteiger partial charge is 0.464 e. The third-order valence-corrected chi connectivity index (χ3v) is 3.21. The summed E-state index contributed by atoms with van der Waals surface area (Å²) in [7, 11) is 1.32. The monoisotopic (exact) mass is 265 g/mol. The van der Waals surface area contributed by atoms with Crippen LogP contribution in [-0.4, -0.2) is 36.8 Å². The van der Waals surface area contributed by atoms with Crippen molar-refractivity contribution in [2.24, 2.45) is 0 Å². The molecule has 0 aromatic carbocycles. The van der Waals surface area contributed by atoms with E-state index >= 15 is 0 Å². The molecule has 0 amide bonds. The Balaban J connectivity index is 2.12. The van der Waals surface area contributed by atoms with E-state index in [4.69, 9.17) is 10.5 Å². The lowest BCUT2D eigenvalue weighted by molar-refractivity contribution is 0.0594. The maximum Gasteiger partial charge on any atom is 0.356 e. The minimum Gasteiger partial charge on any atom is -0.464 e. The predicted molar refractivity (Wildman–Crippen MR) is 72.0 cm³/mol. The van der Waals surface area contributed by atoms with Crippen molar-refractivity contribution in [1.29, 1.82) is 0 Å². The Morgan fingerprint density at radius 1 is 1.63 bits per heavy atom. The van der Waals surface area contributed by atoms with Gasteiger partial charge in [0.25, 0.3) is 0 Å². The van der Waals surface area contributed by atoms with Crippen LogP contribution in [0.1, 0.15) is 30.3 Å². The van der Waals surface area contributed by atoms with Crippen molar-refractivity contribution < 1.29 is 14.3 Å². The van der Waals surface area contributed by atoms with Gasteiger partial charge in [-0.05, 0) is 31.9 Å². The summed E-state index contributed by atoms with van der Waals surface area (Å²) in [6.45, 7) is 2.81. The fourth-order valence-electron chi connectivity index (χ4n) is 2.11. The van der Waals surface area contributed by atoms with Gasteiger partial charge in [0.15, 0.2) is 11.5 Å². The summed E-state index contributed by atoms with van der Waals surface area (Å²) in [4.78, 5) is 15.6. The highest BCUT2D eigenvalue weighted by Crippen LogP contribution is 2.22. The first-order valence-electron chi connectivity index (χ1n) is 6.35. The molecule has 19 heavy (non-hydrogen) atoms. The van der Waals surface area contributed by atoms with Crippen LogP contribution in [0.2, 0.25) is 0 Å². The predicted octanol–water partition coefficient (Wildman–Crippen LogP) is 1.43. The SMILES string of the molecule is COC(=O)c1ccc(N)c(NC(C)C2CCCO2)n1. The lowest BCUT2D eigenvalue weighted by Crippen LogP contribution is -2.31. The molecule has 1 aromatic heterocycles. The number of anilines is 2. The Kier molecular flexibility index (Phi) is 4.21. The van der Waals surface area contributed by atoms with Gasteiger partial charge < -0.3 is 20.5 Å². The Morgan fingerprint density at radius 3 is 3.05 bits per heavy atom.